The molecule has 0 unspecified atom stereocenters. The van der Waals surface area contributed by atoms with Crippen molar-refractivity contribution < 1.29 is 19.0 Å². The lowest BCUT2D eigenvalue weighted by Crippen LogP contribution is -2.20. The van der Waals surface area contributed by atoms with Crippen molar-refractivity contribution in [2.75, 3.05) is 26.9 Å². The summed E-state index contributed by atoms with van der Waals surface area (Å²) < 4.78 is 19.6. The number of methoxy groups -OCH3 is 1. The number of carbonyl (C=O) groups is 1. The maximum absolute atomic E-state index is 12.4. The number of ether oxygens (including phenoxy) is 3. The van der Waals surface area contributed by atoms with E-state index in [0.29, 0.717) is 31.2 Å². The summed E-state index contributed by atoms with van der Waals surface area (Å²) in [7, 11) is 1.64. The van der Waals surface area contributed by atoms with E-state index in [0.717, 1.165) is 21.7 Å². The first-order valence-corrected chi connectivity index (χ1v) is 10.0. The number of rotatable bonds is 9. The molecule has 1 aromatic heterocycles. The molecule has 0 fully saturated rings. The molecule has 7 heteroatoms. The van der Waals surface area contributed by atoms with Gasteiger partial charge >= 0.3 is 0 Å². The largest absolute Gasteiger partial charge is 0.495 e. The lowest BCUT2D eigenvalue weighted by atomic mass is 10.3. The lowest BCUT2D eigenvalue weighted by Gasteiger charge is -2.08. The van der Waals surface area contributed by atoms with Crippen LogP contribution < -0.4 is 14.3 Å². The molecule has 2 aromatic carbocycles. The number of fused-ring (bicyclic) bond motifs is 1. The van der Waals surface area contributed by atoms with Crippen LogP contribution in [-0.2, 0) is 16.1 Å². The molecule has 3 rings (SSSR count). The number of thiazole rings is 1. The van der Waals surface area contributed by atoms with Gasteiger partial charge in [0.1, 0.15) is 17.0 Å². The molecule has 0 radical (unpaired) electrons. The van der Waals surface area contributed by atoms with Gasteiger partial charge in [0.05, 0.1) is 31.4 Å². The molecule has 0 bridgehead atoms. The lowest BCUT2D eigenvalue weighted by molar-refractivity contribution is -0.118. The van der Waals surface area contributed by atoms with Crippen molar-refractivity contribution in [2.45, 2.75) is 19.9 Å². The molecule has 0 aliphatic rings. The Balaban J connectivity index is 1.81. The average molecular weight is 401 g/mol. The standard InChI is InChI=1S/C21H24N2O4S/c1-3-26-15-13-23-20-17(25-2)10-7-11-18(20)28-21(23)22-19(24)12-14-27-16-8-5-4-6-9-16/h4-11H,3,12-15H2,1-2H3. The van der Waals surface area contributed by atoms with Crippen LogP contribution >= 0.6 is 11.3 Å². The highest BCUT2D eigenvalue weighted by molar-refractivity contribution is 7.16. The Hall–Kier alpha value is -2.64. The number of hydrogen-bond acceptors (Lipinski definition) is 5. The molecule has 1 heterocycles. The molecule has 28 heavy (non-hydrogen) atoms. The van der Waals surface area contributed by atoms with Crippen molar-refractivity contribution in [3.05, 3.63) is 53.3 Å². The number of amides is 1. The highest BCUT2D eigenvalue weighted by Crippen LogP contribution is 2.27. The van der Waals surface area contributed by atoms with E-state index in [2.05, 4.69) is 4.99 Å². The summed E-state index contributed by atoms with van der Waals surface area (Å²) in [6.45, 7) is 4.03. The molecule has 0 N–H and O–H groups in total. The summed E-state index contributed by atoms with van der Waals surface area (Å²) in [4.78, 5) is 17.4. The summed E-state index contributed by atoms with van der Waals surface area (Å²) in [5, 5.41) is 0. The van der Waals surface area contributed by atoms with Crippen molar-refractivity contribution in [1.82, 2.24) is 4.57 Å². The number of nitrogens with zero attached hydrogens (tertiary/aromatic N) is 2. The van der Waals surface area contributed by atoms with Crippen LogP contribution in [0, 0.1) is 0 Å². The minimum absolute atomic E-state index is 0.214. The molecule has 0 saturated carbocycles. The third kappa shape index (κ3) is 4.99. The van der Waals surface area contributed by atoms with Crippen molar-refractivity contribution in [3.63, 3.8) is 0 Å². The monoisotopic (exact) mass is 400 g/mol. The van der Waals surface area contributed by atoms with Gasteiger partial charge in [-0.05, 0) is 31.2 Å². The molecule has 0 spiro atoms. The third-order valence-electron chi connectivity index (χ3n) is 4.10. The zero-order valence-electron chi connectivity index (χ0n) is 16.1. The predicted octanol–water partition coefficient (Wildman–Crippen LogP) is 3.64. The molecule has 0 saturated heterocycles. The fraction of sp³-hybridized carbons (Fsp3) is 0.333. The number of aromatic nitrogens is 1. The first-order valence-electron chi connectivity index (χ1n) is 9.22. The number of para-hydroxylation sites is 2. The van der Waals surface area contributed by atoms with E-state index in [1.165, 1.54) is 11.3 Å². The predicted molar refractivity (Wildman–Crippen MR) is 110 cm³/mol. The molecule has 3 aromatic rings. The van der Waals surface area contributed by atoms with Gasteiger partial charge in [-0.1, -0.05) is 35.6 Å². The Morgan fingerprint density at radius 1 is 1.11 bits per heavy atom. The SMILES string of the molecule is CCOCCn1c(=NC(=O)CCOc2ccccc2)sc2cccc(OC)c21. The smallest absolute Gasteiger partial charge is 0.251 e. The van der Waals surface area contributed by atoms with Gasteiger partial charge in [-0.25, -0.2) is 0 Å². The van der Waals surface area contributed by atoms with Gasteiger partial charge in [0.15, 0.2) is 4.80 Å². The highest BCUT2D eigenvalue weighted by atomic mass is 32.1. The second-order valence-corrected chi connectivity index (χ2v) is 6.97. The molecular weight excluding hydrogens is 376 g/mol. The van der Waals surface area contributed by atoms with Crippen molar-refractivity contribution in [2.24, 2.45) is 4.99 Å². The maximum atomic E-state index is 12.4. The Labute approximate surface area is 168 Å². The van der Waals surface area contributed by atoms with Crippen molar-refractivity contribution in [1.29, 1.82) is 0 Å². The van der Waals surface area contributed by atoms with Gasteiger partial charge in [0.25, 0.3) is 5.91 Å². The van der Waals surface area contributed by atoms with Crippen LogP contribution in [0.25, 0.3) is 10.2 Å². The van der Waals surface area contributed by atoms with Crippen LogP contribution in [0.15, 0.2) is 53.5 Å². The molecule has 6 nitrogen and oxygen atoms in total. The van der Waals surface area contributed by atoms with Crippen LogP contribution in [0.5, 0.6) is 11.5 Å². The molecular formula is C21H24N2O4S. The van der Waals surface area contributed by atoms with E-state index < -0.39 is 0 Å². The number of hydrogen-bond donors (Lipinski definition) is 0. The van der Waals surface area contributed by atoms with E-state index >= 15 is 0 Å². The van der Waals surface area contributed by atoms with Crippen LogP contribution in [0.3, 0.4) is 0 Å². The topological polar surface area (TPSA) is 62.1 Å². The summed E-state index contributed by atoms with van der Waals surface area (Å²) >= 11 is 1.47. The van der Waals surface area contributed by atoms with Crippen molar-refractivity contribution in [3.8, 4) is 11.5 Å². The second kappa shape index (κ2) is 10.1. The molecule has 0 aliphatic carbocycles. The fourth-order valence-electron chi connectivity index (χ4n) is 2.79. The van der Waals surface area contributed by atoms with E-state index in [1.54, 1.807) is 7.11 Å². The van der Waals surface area contributed by atoms with Gasteiger partial charge in [0.2, 0.25) is 0 Å². The zero-order chi connectivity index (χ0) is 19.8. The average Bonchev–Trinajstić information content (AvgIpc) is 3.06. The minimum Gasteiger partial charge on any atom is -0.495 e. The maximum Gasteiger partial charge on any atom is 0.251 e. The molecule has 0 atom stereocenters. The summed E-state index contributed by atoms with van der Waals surface area (Å²) in [5.41, 5.74) is 0.932. The van der Waals surface area contributed by atoms with Gasteiger partial charge < -0.3 is 18.8 Å². The third-order valence-corrected chi connectivity index (χ3v) is 5.14. The summed E-state index contributed by atoms with van der Waals surface area (Å²) in [6, 6.07) is 15.3. The summed E-state index contributed by atoms with van der Waals surface area (Å²) in [5.74, 6) is 1.28. The summed E-state index contributed by atoms with van der Waals surface area (Å²) in [6.07, 6.45) is 0.214. The first-order chi connectivity index (χ1) is 13.7. The van der Waals surface area contributed by atoms with E-state index in [-0.39, 0.29) is 12.3 Å². The van der Waals surface area contributed by atoms with Gasteiger partial charge in [0, 0.05) is 13.2 Å². The van der Waals surface area contributed by atoms with E-state index in [9.17, 15) is 4.79 Å². The van der Waals surface area contributed by atoms with Gasteiger partial charge in [-0.3, -0.25) is 4.79 Å². The fourth-order valence-corrected chi connectivity index (χ4v) is 3.88. The highest BCUT2D eigenvalue weighted by Gasteiger charge is 2.12. The Bertz CT molecular complexity index is 979. The molecule has 148 valence electrons. The Morgan fingerprint density at radius 2 is 1.93 bits per heavy atom. The number of carbonyl (C=O) groups excluding carboxylic acids is 1. The van der Waals surface area contributed by atoms with Gasteiger partial charge in [-0.15, -0.1) is 0 Å². The van der Waals surface area contributed by atoms with Gasteiger partial charge in [-0.2, -0.15) is 4.99 Å². The Morgan fingerprint density at radius 3 is 2.68 bits per heavy atom. The van der Waals surface area contributed by atoms with E-state index in [4.69, 9.17) is 14.2 Å². The van der Waals surface area contributed by atoms with Crippen LogP contribution in [0.1, 0.15) is 13.3 Å². The van der Waals surface area contributed by atoms with Crippen LogP contribution in [-0.4, -0.2) is 37.4 Å². The second-order valence-electron chi connectivity index (χ2n) is 5.96. The van der Waals surface area contributed by atoms with Crippen LogP contribution in [0.4, 0.5) is 0 Å². The van der Waals surface area contributed by atoms with Crippen molar-refractivity contribution >= 4 is 27.5 Å². The Kier molecular flexibility index (Phi) is 7.22. The zero-order valence-corrected chi connectivity index (χ0v) is 16.9. The van der Waals surface area contributed by atoms with E-state index in [1.807, 2.05) is 60.0 Å². The van der Waals surface area contributed by atoms with Crippen LogP contribution in [0.2, 0.25) is 0 Å². The minimum atomic E-state index is -0.216. The first kappa shape index (κ1) is 20.1. The molecule has 0 aliphatic heterocycles. The normalized spacial score (nSPS) is 11.7. The number of benzene rings is 2. The molecule has 1 amide bonds. The quantitative estimate of drug-likeness (QED) is 0.515.